The van der Waals surface area contributed by atoms with Crippen molar-refractivity contribution < 1.29 is 9.69 Å². The van der Waals surface area contributed by atoms with E-state index in [4.69, 9.17) is 0 Å². The number of hydrogen-bond acceptors (Lipinski definition) is 1. The minimum atomic E-state index is 0.409. The van der Waals surface area contributed by atoms with Gasteiger partial charge in [-0.1, -0.05) is 39.0 Å². The van der Waals surface area contributed by atoms with Crippen LogP contribution < -0.4 is 4.90 Å². The Morgan fingerprint density at radius 1 is 0.818 bits per heavy atom. The van der Waals surface area contributed by atoms with Gasteiger partial charge in [0.1, 0.15) is 6.54 Å². The van der Waals surface area contributed by atoms with Crippen LogP contribution in [0.4, 0.5) is 0 Å². The summed E-state index contributed by atoms with van der Waals surface area (Å²) in [6, 6.07) is 0. The lowest BCUT2D eigenvalue weighted by Gasteiger charge is -2.36. The van der Waals surface area contributed by atoms with Crippen molar-refractivity contribution in [3.05, 3.63) is 0 Å². The summed E-state index contributed by atoms with van der Waals surface area (Å²) in [5.74, 6) is 3.83. The topological polar surface area (TPSA) is 21.5 Å². The molecule has 2 nitrogen and oxygen atoms in total. The van der Waals surface area contributed by atoms with E-state index in [-0.39, 0.29) is 0 Å². The fraction of sp³-hybridized carbons (Fsp3) is 0.950. The summed E-state index contributed by atoms with van der Waals surface area (Å²) in [5, 5.41) is 0. The molecule has 0 aromatic heterocycles. The summed E-state index contributed by atoms with van der Waals surface area (Å²) < 4.78 is 0. The van der Waals surface area contributed by atoms with Gasteiger partial charge in [0.05, 0.1) is 13.1 Å². The highest BCUT2D eigenvalue weighted by atomic mass is 16.1. The molecule has 2 heteroatoms. The summed E-state index contributed by atoms with van der Waals surface area (Å²) in [6.45, 7) is 5.63. The maximum absolute atomic E-state index is 12.6. The Morgan fingerprint density at radius 2 is 1.41 bits per heavy atom. The highest BCUT2D eigenvalue weighted by Gasteiger charge is 2.32. The number of rotatable bonds is 4. The van der Waals surface area contributed by atoms with E-state index in [1.807, 2.05) is 0 Å². The van der Waals surface area contributed by atoms with Gasteiger partial charge in [0, 0.05) is 5.92 Å². The van der Waals surface area contributed by atoms with Crippen molar-refractivity contribution in [2.24, 2.45) is 23.7 Å². The first-order chi connectivity index (χ1) is 10.7. The zero-order valence-electron chi connectivity index (χ0n) is 14.6. The molecule has 2 saturated carbocycles. The number of carbonyl (C=O) groups is 1. The Bertz CT molecular complexity index is 345. The van der Waals surface area contributed by atoms with Crippen molar-refractivity contribution in [1.82, 2.24) is 0 Å². The van der Waals surface area contributed by atoms with Crippen LogP contribution in [0.3, 0.4) is 0 Å². The molecule has 2 aliphatic carbocycles. The standard InChI is InChI=1S/C20H35NO/c1-16-11-13-21(14-12-16)15-20(22)19-9-7-18(8-10-19)17-5-3-2-4-6-17/h16-19H,2-15H2,1H3/p+1. The third-order valence-corrected chi connectivity index (χ3v) is 6.95. The number of nitrogens with one attached hydrogen (secondary N) is 1. The molecular weight excluding hydrogens is 270 g/mol. The predicted molar refractivity (Wildman–Crippen MR) is 91.0 cm³/mol. The molecule has 1 heterocycles. The number of ketones is 1. The van der Waals surface area contributed by atoms with Crippen LogP contribution in [-0.2, 0) is 4.79 Å². The van der Waals surface area contributed by atoms with Crippen LogP contribution in [0.25, 0.3) is 0 Å². The largest absolute Gasteiger partial charge is 0.329 e. The fourth-order valence-corrected chi connectivity index (χ4v) is 5.26. The molecule has 0 aromatic rings. The van der Waals surface area contributed by atoms with Crippen LogP contribution in [0.1, 0.15) is 77.6 Å². The van der Waals surface area contributed by atoms with E-state index < -0.39 is 0 Å². The van der Waals surface area contributed by atoms with Gasteiger partial charge in [-0.2, -0.15) is 0 Å². The Labute approximate surface area is 137 Å². The first kappa shape index (κ1) is 16.5. The smallest absolute Gasteiger partial charge is 0.189 e. The molecule has 1 N–H and O–H groups in total. The van der Waals surface area contributed by atoms with Crippen LogP contribution >= 0.6 is 0 Å². The number of likely N-dealkylation sites (tertiary alicyclic amines) is 1. The Balaban J connectivity index is 1.39. The van der Waals surface area contributed by atoms with E-state index in [1.54, 1.807) is 4.90 Å². The summed E-state index contributed by atoms with van der Waals surface area (Å²) >= 11 is 0. The number of carbonyl (C=O) groups excluding carboxylic acids is 1. The molecule has 0 radical (unpaired) electrons. The Hall–Kier alpha value is -0.370. The van der Waals surface area contributed by atoms with Gasteiger partial charge in [0.25, 0.3) is 0 Å². The van der Waals surface area contributed by atoms with Crippen LogP contribution in [0, 0.1) is 23.7 Å². The van der Waals surface area contributed by atoms with E-state index in [2.05, 4.69) is 6.92 Å². The van der Waals surface area contributed by atoms with E-state index >= 15 is 0 Å². The van der Waals surface area contributed by atoms with Crippen molar-refractivity contribution in [2.45, 2.75) is 77.6 Å². The second-order valence-electron chi connectivity index (χ2n) is 8.59. The molecule has 1 saturated heterocycles. The quantitative estimate of drug-likeness (QED) is 0.846. The van der Waals surface area contributed by atoms with E-state index in [1.165, 1.54) is 83.7 Å². The molecule has 0 amide bonds. The molecule has 1 aliphatic heterocycles. The van der Waals surface area contributed by atoms with Gasteiger partial charge in [-0.05, 0) is 56.3 Å². The fourth-order valence-electron chi connectivity index (χ4n) is 5.26. The number of hydrogen-bond donors (Lipinski definition) is 1. The molecule has 3 aliphatic rings. The van der Waals surface area contributed by atoms with Crippen LogP contribution in [-0.4, -0.2) is 25.4 Å². The van der Waals surface area contributed by atoms with Crippen molar-refractivity contribution in [3.63, 3.8) is 0 Å². The zero-order valence-corrected chi connectivity index (χ0v) is 14.6. The third-order valence-electron chi connectivity index (χ3n) is 6.95. The summed E-state index contributed by atoms with van der Waals surface area (Å²) in [7, 11) is 0. The van der Waals surface area contributed by atoms with E-state index in [0.717, 1.165) is 24.3 Å². The predicted octanol–water partition coefficient (Wildman–Crippen LogP) is 3.26. The van der Waals surface area contributed by atoms with Gasteiger partial charge in [-0.15, -0.1) is 0 Å². The molecule has 0 unspecified atom stereocenters. The first-order valence-electron chi connectivity index (χ1n) is 10.1. The molecule has 3 rings (SSSR count). The maximum atomic E-state index is 12.6. The monoisotopic (exact) mass is 306 g/mol. The van der Waals surface area contributed by atoms with Gasteiger partial charge in [-0.3, -0.25) is 4.79 Å². The normalized spacial score (nSPS) is 37.9. The Morgan fingerprint density at radius 3 is 2.05 bits per heavy atom. The highest BCUT2D eigenvalue weighted by Crippen LogP contribution is 2.39. The average molecular weight is 307 g/mol. The molecule has 0 atom stereocenters. The van der Waals surface area contributed by atoms with Crippen LogP contribution in [0.5, 0.6) is 0 Å². The second-order valence-corrected chi connectivity index (χ2v) is 8.59. The zero-order chi connectivity index (χ0) is 15.4. The summed E-state index contributed by atoms with van der Waals surface area (Å²) in [4.78, 5) is 14.2. The van der Waals surface area contributed by atoms with Crippen molar-refractivity contribution in [3.8, 4) is 0 Å². The summed E-state index contributed by atoms with van der Waals surface area (Å²) in [6.07, 6.45) is 15.0. The minimum absolute atomic E-state index is 0.409. The molecule has 22 heavy (non-hydrogen) atoms. The van der Waals surface area contributed by atoms with Gasteiger partial charge in [-0.25, -0.2) is 0 Å². The van der Waals surface area contributed by atoms with Crippen molar-refractivity contribution in [1.29, 1.82) is 0 Å². The lowest BCUT2D eigenvalue weighted by atomic mass is 9.70. The van der Waals surface area contributed by atoms with Crippen molar-refractivity contribution >= 4 is 5.78 Å². The van der Waals surface area contributed by atoms with E-state index in [9.17, 15) is 4.79 Å². The molecule has 0 aromatic carbocycles. The highest BCUT2D eigenvalue weighted by molar-refractivity contribution is 5.81. The van der Waals surface area contributed by atoms with Crippen LogP contribution in [0.2, 0.25) is 0 Å². The van der Waals surface area contributed by atoms with Gasteiger partial charge in [0.2, 0.25) is 0 Å². The first-order valence-corrected chi connectivity index (χ1v) is 10.1. The molecule has 126 valence electrons. The second kappa shape index (κ2) is 7.95. The van der Waals surface area contributed by atoms with Gasteiger partial charge >= 0.3 is 0 Å². The third kappa shape index (κ3) is 4.34. The lowest BCUT2D eigenvalue weighted by molar-refractivity contribution is -0.898. The number of piperidine rings is 1. The molecule has 0 bridgehead atoms. The molecule has 3 fully saturated rings. The SMILES string of the molecule is CC1CC[NH+](CC(=O)C2CCC(C3CCCCC3)CC2)CC1. The summed E-state index contributed by atoms with van der Waals surface area (Å²) in [5.41, 5.74) is 0. The maximum Gasteiger partial charge on any atom is 0.189 e. The van der Waals surface area contributed by atoms with Gasteiger partial charge in [0.15, 0.2) is 5.78 Å². The van der Waals surface area contributed by atoms with Crippen LogP contribution in [0.15, 0.2) is 0 Å². The number of quaternary nitrogens is 1. The molecular formula is C20H36NO+. The van der Waals surface area contributed by atoms with Crippen molar-refractivity contribution in [2.75, 3.05) is 19.6 Å². The minimum Gasteiger partial charge on any atom is -0.329 e. The molecule has 0 spiro atoms. The van der Waals surface area contributed by atoms with Gasteiger partial charge < -0.3 is 4.90 Å². The Kier molecular flexibility index (Phi) is 5.95. The average Bonchev–Trinajstić information content (AvgIpc) is 2.58. The lowest BCUT2D eigenvalue weighted by Crippen LogP contribution is -3.14. The number of Topliss-reactive ketones (excluding diaryl/α,β-unsaturated/α-hetero) is 1. The van der Waals surface area contributed by atoms with E-state index in [0.29, 0.717) is 11.7 Å².